The maximum absolute atomic E-state index is 11.8. The van der Waals surface area contributed by atoms with E-state index >= 15 is 0 Å². The molecule has 2 heterocycles. The van der Waals surface area contributed by atoms with Crippen LogP contribution in [0.15, 0.2) is 36.7 Å². The second-order valence-electron chi connectivity index (χ2n) is 8.99. The Hall–Kier alpha value is -3.46. The number of sulfonamides is 1. The molecule has 0 spiro atoms. The van der Waals surface area contributed by atoms with Crippen molar-refractivity contribution < 1.29 is 23.4 Å². The summed E-state index contributed by atoms with van der Waals surface area (Å²) in [6.07, 6.45) is 4.10. The SMILES string of the molecule is COc1ncc(-c2ccc3ncc(C#N)c(N(CCO)CC(C)(C)CO)c3c2)cc1NS(C)(=O)=O. The van der Waals surface area contributed by atoms with E-state index in [2.05, 4.69) is 20.8 Å². The summed E-state index contributed by atoms with van der Waals surface area (Å²) in [7, 11) is -2.16. The van der Waals surface area contributed by atoms with Crippen molar-refractivity contribution in [1.29, 1.82) is 5.26 Å². The van der Waals surface area contributed by atoms with Crippen LogP contribution in [-0.4, -0.2) is 68.3 Å². The number of aliphatic hydroxyl groups is 2. The minimum absolute atomic E-state index is 0.0707. The van der Waals surface area contributed by atoms with E-state index in [-0.39, 0.29) is 31.3 Å². The summed E-state index contributed by atoms with van der Waals surface area (Å²) in [6.45, 7) is 4.25. The maximum Gasteiger partial charge on any atom is 0.238 e. The number of ether oxygens (including phenoxy) is 1. The highest BCUT2D eigenvalue weighted by Crippen LogP contribution is 2.36. The van der Waals surface area contributed by atoms with E-state index in [0.717, 1.165) is 6.26 Å². The molecule has 0 bridgehead atoms. The third-order valence-corrected chi connectivity index (χ3v) is 5.96. The third-order valence-electron chi connectivity index (χ3n) is 5.37. The third kappa shape index (κ3) is 6.16. The number of aromatic nitrogens is 2. The first kappa shape index (κ1) is 26.2. The fourth-order valence-electron chi connectivity index (χ4n) is 3.78. The zero-order chi connectivity index (χ0) is 25.8. The van der Waals surface area contributed by atoms with Crippen LogP contribution in [0, 0.1) is 16.7 Å². The van der Waals surface area contributed by atoms with Crippen LogP contribution in [0.1, 0.15) is 19.4 Å². The number of nitrogens with zero attached hydrogens (tertiary/aromatic N) is 4. The predicted molar refractivity (Wildman–Crippen MR) is 135 cm³/mol. The van der Waals surface area contributed by atoms with Crippen molar-refractivity contribution in [1.82, 2.24) is 9.97 Å². The van der Waals surface area contributed by atoms with E-state index in [4.69, 9.17) is 4.74 Å². The lowest BCUT2D eigenvalue weighted by Crippen LogP contribution is -2.38. The van der Waals surface area contributed by atoms with Gasteiger partial charge in [-0.25, -0.2) is 13.4 Å². The number of anilines is 2. The predicted octanol–water partition coefficient (Wildman–Crippen LogP) is 2.37. The average Bonchev–Trinajstić information content (AvgIpc) is 2.81. The number of aliphatic hydroxyl groups excluding tert-OH is 2. The first-order valence-electron chi connectivity index (χ1n) is 10.8. The molecule has 0 aliphatic carbocycles. The van der Waals surface area contributed by atoms with Crippen molar-refractivity contribution in [3.05, 3.63) is 42.2 Å². The van der Waals surface area contributed by atoms with Crippen molar-refractivity contribution in [3.8, 4) is 23.1 Å². The Bertz CT molecular complexity index is 1370. The molecule has 3 rings (SSSR count). The Morgan fingerprint density at radius 1 is 1.17 bits per heavy atom. The number of pyridine rings is 2. The largest absolute Gasteiger partial charge is 0.480 e. The highest BCUT2D eigenvalue weighted by atomic mass is 32.2. The van der Waals surface area contributed by atoms with Crippen LogP contribution in [0.4, 0.5) is 11.4 Å². The van der Waals surface area contributed by atoms with Crippen LogP contribution in [0.3, 0.4) is 0 Å². The number of hydrogen-bond acceptors (Lipinski definition) is 9. The number of methoxy groups -OCH3 is 1. The molecule has 0 atom stereocenters. The summed E-state index contributed by atoms with van der Waals surface area (Å²) in [5, 5.41) is 30.0. The van der Waals surface area contributed by atoms with E-state index in [9.17, 15) is 23.9 Å². The summed E-state index contributed by atoms with van der Waals surface area (Å²) in [4.78, 5) is 10.5. The van der Waals surface area contributed by atoms with E-state index < -0.39 is 15.4 Å². The van der Waals surface area contributed by atoms with Crippen LogP contribution >= 0.6 is 0 Å². The van der Waals surface area contributed by atoms with Gasteiger partial charge in [-0.1, -0.05) is 19.9 Å². The van der Waals surface area contributed by atoms with Crippen molar-refractivity contribution in [2.24, 2.45) is 5.41 Å². The molecule has 0 fully saturated rings. The Labute approximate surface area is 204 Å². The first-order chi connectivity index (χ1) is 16.5. The quantitative estimate of drug-likeness (QED) is 0.382. The number of nitrogens with one attached hydrogen (secondary N) is 1. The van der Waals surface area contributed by atoms with Gasteiger partial charge < -0.3 is 19.8 Å². The number of hydrogen-bond donors (Lipinski definition) is 3. The van der Waals surface area contributed by atoms with Gasteiger partial charge in [-0.15, -0.1) is 0 Å². The van der Waals surface area contributed by atoms with Gasteiger partial charge in [0.25, 0.3) is 0 Å². The van der Waals surface area contributed by atoms with Gasteiger partial charge >= 0.3 is 0 Å². The standard InChI is InChI=1S/C24H29N5O5S/c1-24(2,15-31)14-29(7-8-30)22-18(11-25)13-26-20-6-5-16(9-19(20)22)17-10-21(28-35(4,32)33)23(34-3)27-12-17/h5-6,9-10,12-13,28,30-31H,7-8,14-15H2,1-4H3. The number of fused-ring (bicyclic) bond motifs is 1. The fourth-order valence-corrected chi connectivity index (χ4v) is 4.33. The molecule has 3 N–H and O–H groups in total. The number of rotatable bonds is 10. The Balaban J connectivity index is 2.21. The minimum atomic E-state index is -3.56. The molecule has 0 radical (unpaired) electrons. The van der Waals surface area contributed by atoms with Crippen LogP contribution in [0.5, 0.6) is 5.88 Å². The molecular formula is C24H29N5O5S. The van der Waals surface area contributed by atoms with E-state index in [0.29, 0.717) is 39.8 Å². The summed E-state index contributed by atoms with van der Waals surface area (Å²) in [6, 6.07) is 9.29. The minimum Gasteiger partial charge on any atom is -0.480 e. The van der Waals surface area contributed by atoms with Gasteiger partial charge in [-0.2, -0.15) is 5.26 Å². The van der Waals surface area contributed by atoms with E-state index in [1.165, 1.54) is 13.3 Å². The molecule has 11 heteroatoms. The Morgan fingerprint density at radius 3 is 2.51 bits per heavy atom. The van der Waals surface area contributed by atoms with Gasteiger partial charge in [0.1, 0.15) is 11.8 Å². The molecule has 0 saturated carbocycles. The van der Waals surface area contributed by atoms with Crippen LogP contribution in [0.2, 0.25) is 0 Å². The molecule has 35 heavy (non-hydrogen) atoms. The molecule has 1 aromatic carbocycles. The number of nitriles is 1. The van der Waals surface area contributed by atoms with Gasteiger partial charge in [0.05, 0.1) is 36.7 Å². The first-order valence-corrected chi connectivity index (χ1v) is 12.7. The molecule has 3 aromatic rings. The molecule has 2 aromatic heterocycles. The van der Waals surface area contributed by atoms with Crippen molar-refractivity contribution in [2.75, 3.05) is 49.3 Å². The average molecular weight is 500 g/mol. The zero-order valence-electron chi connectivity index (χ0n) is 20.1. The highest BCUT2D eigenvalue weighted by molar-refractivity contribution is 7.92. The molecule has 0 amide bonds. The van der Waals surface area contributed by atoms with Crippen molar-refractivity contribution in [3.63, 3.8) is 0 Å². The van der Waals surface area contributed by atoms with Gasteiger partial charge in [0.15, 0.2) is 0 Å². The summed E-state index contributed by atoms with van der Waals surface area (Å²) < 4.78 is 31.2. The lowest BCUT2D eigenvalue weighted by atomic mass is 9.93. The molecule has 0 saturated heterocycles. The van der Waals surface area contributed by atoms with E-state index in [1.54, 1.807) is 18.3 Å². The summed E-state index contributed by atoms with van der Waals surface area (Å²) >= 11 is 0. The Kier molecular flexibility index (Phi) is 7.80. The van der Waals surface area contributed by atoms with Crippen LogP contribution in [-0.2, 0) is 10.0 Å². The van der Waals surface area contributed by atoms with Gasteiger partial charge in [-0.05, 0) is 23.8 Å². The zero-order valence-corrected chi connectivity index (χ0v) is 20.9. The normalized spacial score (nSPS) is 11.8. The van der Waals surface area contributed by atoms with Gasteiger partial charge in [0, 0.05) is 48.5 Å². The summed E-state index contributed by atoms with van der Waals surface area (Å²) in [5.41, 5.74) is 2.63. The molecule has 0 aliphatic rings. The molecule has 186 valence electrons. The van der Waals surface area contributed by atoms with Crippen LogP contribution < -0.4 is 14.4 Å². The molecular weight excluding hydrogens is 470 g/mol. The lowest BCUT2D eigenvalue weighted by molar-refractivity contribution is 0.162. The molecule has 0 unspecified atom stereocenters. The highest BCUT2D eigenvalue weighted by Gasteiger charge is 2.25. The smallest absolute Gasteiger partial charge is 0.238 e. The maximum atomic E-state index is 11.8. The second kappa shape index (κ2) is 10.4. The molecule has 0 aliphatic heterocycles. The second-order valence-corrected chi connectivity index (χ2v) is 10.7. The van der Waals surface area contributed by atoms with Gasteiger partial charge in [0.2, 0.25) is 15.9 Å². The van der Waals surface area contributed by atoms with Gasteiger partial charge in [-0.3, -0.25) is 9.71 Å². The van der Waals surface area contributed by atoms with Crippen LogP contribution in [0.25, 0.3) is 22.0 Å². The van der Waals surface area contributed by atoms with E-state index in [1.807, 2.05) is 30.9 Å². The van der Waals surface area contributed by atoms with Crippen molar-refractivity contribution >= 4 is 32.3 Å². The Morgan fingerprint density at radius 2 is 1.91 bits per heavy atom. The lowest BCUT2D eigenvalue weighted by Gasteiger charge is -2.33. The summed E-state index contributed by atoms with van der Waals surface area (Å²) in [5.74, 6) is 0.134. The molecule has 10 nitrogen and oxygen atoms in total. The number of benzene rings is 1. The monoisotopic (exact) mass is 499 g/mol. The van der Waals surface area contributed by atoms with Crippen molar-refractivity contribution in [2.45, 2.75) is 13.8 Å². The topological polar surface area (TPSA) is 149 Å². The fraction of sp³-hybridized carbons (Fsp3) is 0.375.